The van der Waals surface area contributed by atoms with Crippen molar-refractivity contribution in [2.24, 2.45) is 0 Å². The maximum Gasteiger partial charge on any atom is 0.330 e. The van der Waals surface area contributed by atoms with E-state index in [1.807, 2.05) is 37.3 Å². The molecule has 9 nitrogen and oxygen atoms in total. The number of ether oxygens (including phenoxy) is 1. The van der Waals surface area contributed by atoms with Gasteiger partial charge in [-0.3, -0.25) is 19.1 Å². The number of para-hydroxylation sites is 2. The molecule has 0 aliphatic rings. The fourth-order valence-corrected chi connectivity index (χ4v) is 3.55. The fourth-order valence-electron chi connectivity index (χ4n) is 3.55. The fraction of sp³-hybridized carbons (Fsp3) is 0.292. The minimum absolute atomic E-state index is 0.0400. The first kappa shape index (κ1) is 23.6. The molecule has 9 heteroatoms. The summed E-state index contributed by atoms with van der Waals surface area (Å²) in [4.78, 5) is 42.1. The smallest absolute Gasteiger partial charge is 0.330 e. The summed E-state index contributed by atoms with van der Waals surface area (Å²) >= 11 is 0. The predicted molar refractivity (Wildman–Crippen MR) is 130 cm³/mol. The molecule has 1 amide bonds. The van der Waals surface area contributed by atoms with Crippen molar-refractivity contribution in [1.82, 2.24) is 9.55 Å². The largest absolute Gasteiger partial charge is 0.495 e. The molecule has 0 saturated carbocycles. The normalized spacial score (nSPS) is 10.6. The van der Waals surface area contributed by atoms with E-state index in [1.165, 1.54) is 11.7 Å². The minimum atomic E-state index is -0.633. The number of H-pyrrole nitrogens is 1. The lowest BCUT2D eigenvalue weighted by molar-refractivity contribution is -0.115. The van der Waals surface area contributed by atoms with E-state index in [-0.39, 0.29) is 30.5 Å². The van der Waals surface area contributed by atoms with Crippen molar-refractivity contribution in [2.75, 3.05) is 29.6 Å². The lowest BCUT2D eigenvalue weighted by atomic mass is 10.2. The van der Waals surface area contributed by atoms with E-state index in [9.17, 15) is 14.4 Å². The number of nitrogens with one attached hydrogen (secondary N) is 2. The number of nitrogen functional groups attached to an aromatic ring is 1. The molecule has 174 valence electrons. The first-order valence-electron chi connectivity index (χ1n) is 10.8. The van der Waals surface area contributed by atoms with Gasteiger partial charge in [-0.2, -0.15) is 0 Å². The van der Waals surface area contributed by atoms with Crippen molar-refractivity contribution < 1.29 is 9.53 Å². The van der Waals surface area contributed by atoms with Crippen molar-refractivity contribution in [2.45, 2.75) is 32.9 Å². The third kappa shape index (κ3) is 5.82. The number of nitrogens with two attached hydrogens (primary N) is 1. The third-order valence-corrected chi connectivity index (χ3v) is 5.20. The molecular weight excluding hydrogens is 422 g/mol. The van der Waals surface area contributed by atoms with E-state index in [0.29, 0.717) is 18.0 Å². The summed E-state index contributed by atoms with van der Waals surface area (Å²) in [5.41, 5.74) is 6.59. The Kier molecular flexibility index (Phi) is 7.91. The van der Waals surface area contributed by atoms with Gasteiger partial charge in [-0.25, -0.2) is 4.79 Å². The van der Waals surface area contributed by atoms with Crippen molar-refractivity contribution >= 4 is 23.1 Å². The Balaban J connectivity index is 1.97. The minimum Gasteiger partial charge on any atom is -0.495 e. The van der Waals surface area contributed by atoms with Crippen LogP contribution in [0.4, 0.5) is 17.2 Å². The summed E-state index contributed by atoms with van der Waals surface area (Å²) in [5.74, 6) is 0.199. The van der Waals surface area contributed by atoms with Crippen LogP contribution in [0.15, 0.2) is 64.2 Å². The molecule has 3 rings (SSSR count). The van der Waals surface area contributed by atoms with Gasteiger partial charge in [0.25, 0.3) is 5.56 Å². The number of methoxy groups -OCH3 is 1. The van der Waals surface area contributed by atoms with E-state index < -0.39 is 11.2 Å². The molecule has 0 radical (unpaired) electrons. The monoisotopic (exact) mass is 451 g/mol. The number of aromatic amines is 1. The average molecular weight is 452 g/mol. The van der Waals surface area contributed by atoms with Crippen LogP contribution < -0.4 is 31.9 Å². The van der Waals surface area contributed by atoms with E-state index >= 15 is 0 Å². The third-order valence-electron chi connectivity index (χ3n) is 5.20. The van der Waals surface area contributed by atoms with E-state index in [1.54, 1.807) is 29.2 Å². The number of carbonyl (C=O) groups excluding carboxylic acids is 1. The SMILES string of the molecule is CCCCn1c(N)c(N(CC(=O)Nc2ccccc2OC)Cc2ccccc2)c(=O)[nH]c1=O. The van der Waals surface area contributed by atoms with Crippen molar-refractivity contribution in [3.8, 4) is 5.75 Å². The second kappa shape index (κ2) is 11.0. The number of nitrogens with zero attached hydrogens (tertiary/aromatic N) is 2. The van der Waals surface area contributed by atoms with Gasteiger partial charge in [0, 0.05) is 13.1 Å². The Morgan fingerprint density at radius 3 is 2.52 bits per heavy atom. The number of anilines is 3. The Hall–Kier alpha value is -4.01. The number of hydrogen-bond donors (Lipinski definition) is 3. The van der Waals surface area contributed by atoms with Crippen molar-refractivity contribution in [3.63, 3.8) is 0 Å². The quantitative estimate of drug-likeness (QED) is 0.435. The van der Waals surface area contributed by atoms with Crippen LogP contribution in [-0.2, 0) is 17.9 Å². The number of aromatic nitrogens is 2. The molecule has 1 aromatic heterocycles. The van der Waals surface area contributed by atoms with E-state index in [2.05, 4.69) is 10.3 Å². The molecule has 3 aromatic rings. The summed E-state index contributed by atoms with van der Waals surface area (Å²) in [6.45, 7) is 2.46. The molecular formula is C24H29N5O4. The maximum absolute atomic E-state index is 13.0. The van der Waals surface area contributed by atoms with Gasteiger partial charge in [0.1, 0.15) is 17.3 Å². The van der Waals surface area contributed by atoms with Gasteiger partial charge < -0.3 is 20.7 Å². The molecule has 33 heavy (non-hydrogen) atoms. The summed E-state index contributed by atoms with van der Waals surface area (Å²) in [5, 5.41) is 2.82. The van der Waals surface area contributed by atoms with Crippen LogP contribution in [0.5, 0.6) is 5.75 Å². The number of hydrogen-bond acceptors (Lipinski definition) is 6. The number of carbonyl (C=O) groups is 1. The zero-order valence-corrected chi connectivity index (χ0v) is 18.8. The van der Waals surface area contributed by atoms with Crippen LogP contribution in [0.2, 0.25) is 0 Å². The van der Waals surface area contributed by atoms with Crippen LogP contribution >= 0.6 is 0 Å². The Morgan fingerprint density at radius 1 is 1.12 bits per heavy atom. The van der Waals surface area contributed by atoms with Crippen LogP contribution in [0.25, 0.3) is 0 Å². The van der Waals surface area contributed by atoms with Crippen LogP contribution in [0, 0.1) is 0 Å². The summed E-state index contributed by atoms with van der Waals surface area (Å²) in [7, 11) is 1.52. The molecule has 1 heterocycles. The Morgan fingerprint density at radius 2 is 1.82 bits per heavy atom. The maximum atomic E-state index is 13.0. The second-order valence-corrected chi connectivity index (χ2v) is 7.59. The Labute approximate surface area is 191 Å². The zero-order chi connectivity index (χ0) is 23.8. The molecule has 4 N–H and O–H groups in total. The van der Waals surface area contributed by atoms with Crippen LogP contribution in [-0.4, -0.2) is 29.1 Å². The second-order valence-electron chi connectivity index (χ2n) is 7.59. The molecule has 0 atom stereocenters. The van der Waals surface area contributed by atoms with Crippen molar-refractivity contribution in [1.29, 1.82) is 0 Å². The van der Waals surface area contributed by atoms with Crippen LogP contribution in [0.3, 0.4) is 0 Å². The first-order chi connectivity index (χ1) is 15.9. The summed E-state index contributed by atoms with van der Waals surface area (Å²) in [6.07, 6.45) is 1.58. The molecule has 0 bridgehead atoms. The number of amides is 1. The van der Waals surface area contributed by atoms with E-state index in [0.717, 1.165) is 18.4 Å². The standard InChI is InChI=1S/C24H29N5O4/c1-3-4-14-29-22(25)21(23(31)27-24(29)32)28(15-17-10-6-5-7-11-17)16-20(30)26-18-12-8-9-13-19(18)33-2/h5-13H,3-4,14-16,25H2,1-2H3,(H,26,30)(H,27,31,32). The average Bonchev–Trinajstić information content (AvgIpc) is 2.79. The molecule has 0 fully saturated rings. The van der Waals surface area contributed by atoms with Gasteiger partial charge in [0.05, 0.1) is 19.3 Å². The van der Waals surface area contributed by atoms with Gasteiger partial charge in [0.2, 0.25) is 5.91 Å². The molecule has 0 aliphatic carbocycles. The lowest BCUT2D eigenvalue weighted by Gasteiger charge is -2.26. The summed E-state index contributed by atoms with van der Waals surface area (Å²) < 4.78 is 6.64. The molecule has 0 saturated heterocycles. The molecule has 0 unspecified atom stereocenters. The predicted octanol–water partition coefficient (Wildman–Crippen LogP) is 2.57. The molecule has 0 aliphatic heterocycles. The highest BCUT2D eigenvalue weighted by atomic mass is 16.5. The Bertz CT molecular complexity index is 1200. The van der Waals surface area contributed by atoms with Crippen molar-refractivity contribution in [3.05, 3.63) is 81.0 Å². The van der Waals surface area contributed by atoms with Gasteiger partial charge in [0.15, 0.2) is 0 Å². The van der Waals surface area contributed by atoms with E-state index in [4.69, 9.17) is 10.5 Å². The summed E-state index contributed by atoms with van der Waals surface area (Å²) in [6, 6.07) is 16.5. The highest BCUT2D eigenvalue weighted by Crippen LogP contribution is 2.24. The van der Waals surface area contributed by atoms with Gasteiger partial charge in [-0.1, -0.05) is 55.8 Å². The first-order valence-corrected chi connectivity index (χ1v) is 10.8. The van der Waals surface area contributed by atoms with Gasteiger partial charge in [-0.15, -0.1) is 0 Å². The highest BCUT2D eigenvalue weighted by Gasteiger charge is 2.22. The number of unbranched alkanes of at least 4 members (excludes halogenated alkanes) is 1. The topological polar surface area (TPSA) is 122 Å². The highest BCUT2D eigenvalue weighted by molar-refractivity contribution is 5.95. The molecule has 2 aromatic carbocycles. The number of benzene rings is 2. The number of rotatable bonds is 10. The lowest BCUT2D eigenvalue weighted by Crippen LogP contribution is -2.41. The van der Waals surface area contributed by atoms with Gasteiger partial charge in [-0.05, 0) is 24.1 Å². The van der Waals surface area contributed by atoms with Gasteiger partial charge >= 0.3 is 5.69 Å². The molecule has 0 spiro atoms. The van der Waals surface area contributed by atoms with Crippen LogP contribution in [0.1, 0.15) is 25.3 Å². The zero-order valence-electron chi connectivity index (χ0n) is 18.8.